The number of carbonyl (C=O) groups excluding carboxylic acids is 1. The van der Waals surface area contributed by atoms with Gasteiger partial charge in [0.25, 0.3) is 15.9 Å². The molecule has 0 aliphatic heterocycles. The molecule has 1 heterocycles. The fourth-order valence-corrected chi connectivity index (χ4v) is 5.70. The van der Waals surface area contributed by atoms with Gasteiger partial charge in [-0.05, 0) is 79.9 Å². The van der Waals surface area contributed by atoms with Crippen molar-refractivity contribution in [3.63, 3.8) is 0 Å². The lowest BCUT2D eigenvalue weighted by atomic mass is 10.1. The molecule has 0 saturated heterocycles. The molecule has 9 heteroatoms. The maximum atomic E-state index is 13.1. The highest BCUT2D eigenvalue weighted by Gasteiger charge is 2.20. The lowest BCUT2D eigenvalue weighted by Gasteiger charge is -2.13. The molecule has 170 valence electrons. The summed E-state index contributed by atoms with van der Waals surface area (Å²) in [5.74, 6) is -0.444. The number of nitrogens with zero attached hydrogens (tertiary/aromatic N) is 1. The summed E-state index contributed by atoms with van der Waals surface area (Å²) in [6.07, 6.45) is 0. The maximum Gasteiger partial charge on any atom is 0.307 e. The summed E-state index contributed by atoms with van der Waals surface area (Å²) in [4.78, 5) is 24.7. The van der Waals surface area contributed by atoms with Crippen LogP contribution >= 0.6 is 11.3 Å². The fourth-order valence-electron chi connectivity index (χ4n) is 3.46. The minimum atomic E-state index is -3.90. The van der Waals surface area contributed by atoms with Crippen LogP contribution in [0.15, 0.2) is 64.3 Å². The number of rotatable bonds is 5. The molecule has 4 aromatic rings. The van der Waals surface area contributed by atoms with E-state index in [0.717, 1.165) is 32.7 Å². The Hall–Kier alpha value is -3.43. The summed E-state index contributed by atoms with van der Waals surface area (Å²) in [5, 5.41) is 2.78. The molecule has 0 aliphatic carbocycles. The van der Waals surface area contributed by atoms with Gasteiger partial charge in [0.2, 0.25) is 0 Å². The molecule has 2 N–H and O–H groups in total. The zero-order chi connectivity index (χ0) is 23.9. The molecular weight excluding hydrogens is 458 g/mol. The van der Waals surface area contributed by atoms with Crippen LogP contribution in [0.25, 0.3) is 10.2 Å². The number of amides is 1. The van der Waals surface area contributed by atoms with Crippen molar-refractivity contribution in [3.05, 3.63) is 86.5 Å². The van der Waals surface area contributed by atoms with E-state index in [1.165, 1.54) is 6.07 Å². The highest BCUT2D eigenvalue weighted by Crippen LogP contribution is 2.24. The first kappa shape index (κ1) is 22.8. The number of thiazole rings is 1. The number of fused-ring (bicyclic) bond motifs is 1. The molecular formula is C24H23N3O4S2. The third kappa shape index (κ3) is 4.55. The van der Waals surface area contributed by atoms with Gasteiger partial charge < -0.3 is 9.88 Å². The summed E-state index contributed by atoms with van der Waals surface area (Å²) in [6.45, 7) is 5.55. The second kappa shape index (κ2) is 8.49. The number of aryl methyl sites for hydroxylation is 4. The van der Waals surface area contributed by atoms with E-state index in [9.17, 15) is 18.0 Å². The van der Waals surface area contributed by atoms with Crippen molar-refractivity contribution in [1.82, 2.24) is 4.57 Å². The second-order valence-corrected chi connectivity index (χ2v) is 10.6. The fraction of sp³-hybridized carbons (Fsp3) is 0.167. The molecule has 0 fully saturated rings. The Balaban J connectivity index is 1.61. The molecule has 1 amide bonds. The van der Waals surface area contributed by atoms with Gasteiger partial charge in [0.15, 0.2) is 0 Å². The normalized spacial score (nSPS) is 11.5. The van der Waals surface area contributed by atoms with Crippen molar-refractivity contribution in [2.75, 3.05) is 10.0 Å². The summed E-state index contributed by atoms with van der Waals surface area (Å²) < 4.78 is 31.0. The van der Waals surface area contributed by atoms with E-state index < -0.39 is 15.9 Å². The van der Waals surface area contributed by atoms with E-state index in [1.807, 2.05) is 19.9 Å². The molecule has 1 aromatic heterocycles. The van der Waals surface area contributed by atoms with Crippen molar-refractivity contribution >= 4 is 48.9 Å². The van der Waals surface area contributed by atoms with Crippen molar-refractivity contribution in [2.45, 2.75) is 25.7 Å². The molecule has 0 bridgehead atoms. The molecule has 7 nitrogen and oxygen atoms in total. The summed E-state index contributed by atoms with van der Waals surface area (Å²) >= 11 is 1.09. The predicted molar refractivity (Wildman–Crippen MR) is 133 cm³/mol. The van der Waals surface area contributed by atoms with E-state index >= 15 is 0 Å². The summed E-state index contributed by atoms with van der Waals surface area (Å²) in [6, 6.07) is 15.1. The van der Waals surface area contributed by atoms with Gasteiger partial charge in [0.1, 0.15) is 0 Å². The van der Waals surface area contributed by atoms with Crippen molar-refractivity contribution < 1.29 is 13.2 Å². The Kier molecular flexibility index (Phi) is 5.85. The molecule has 0 radical (unpaired) electrons. The van der Waals surface area contributed by atoms with Crippen LogP contribution in [0.2, 0.25) is 0 Å². The van der Waals surface area contributed by atoms with Crippen molar-refractivity contribution in [1.29, 1.82) is 0 Å². The SMILES string of the molecule is Cc1ccc(NS(=O)(=O)c2cc(C(=O)Nc3ccc4c(c3)sc(=O)n4C)ccc2C)cc1C. The van der Waals surface area contributed by atoms with E-state index in [-0.39, 0.29) is 15.3 Å². The molecule has 0 unspecified atom stereocenters. The molecule has 0 saturated carbocycles. The van der Waals surface area contributed by atoms with Crippen LogP contribution in [0, 0.1) is 20.8 Å². The number of aromatic nitrogens is 1. The van der Waals surface area contributed by atoms with Gasteiger partial charge in [0.05, 0.1) is 15.1 Å². The number of carbonyl (C=O) groups is 1. The highest BCUT2D eigenvalue weighted by molar-refractivity contribution is 7.92. The first-order valence-electron chi connectivity index (χ1n) is 10.2. The van der Waals surface area contributed by atoms with Gasteiger partial charge in [-0.1, -0.05) is 23.5 Å². The Labute approximate surface area is 195 Å². The molecule has 3 aromatic carbocycles. The third-order valence-corrected chi connectivity index (χ3v) is 8.07. The van der Waals surface area contributed by atoms with Crippen LogP contribution in [0.1, 0.15) is 27.0 Å². The molecule has 0 spiro atoms. The van der Waals surface area contributed by atoms with Crippen LogP contribution in [0.3, 0.4) is 0 Å². The Morgan fingerprint density at radius 2 is 1.58 bits per heavy atom. The Morgan fingerprint density at radius 1 is 0.879 bits per heavy atom. The van der Waals surface area contributed by atoms with Crippen LogP contribution in [0.4, 0.5) is 11.4 Å². The number of hydrogen-bond donors (Lipinski definition) is 2. The first-order valence-corrected chi connectivity index (χ1v) is 12.5. The van der Waals surface area contributed by atoms with Gasteiger partial charge in [0, 0.05) is 24.0 Å². The minimum absolute atomic E-state index is 0.0325. The zero-order valence-electron chi connectivity index (χ0n) is 18.6. The van der Waals surface area contributed by atoms with E-state index in [0.29, 0.717) is 16.9 Å². The van der Waals surface area contributed by atoms with Gasteiger partial charge in [-0.25, -0.2) is 8.42 Å². The lowest BCUT2D eigenvalue weighted by Crippen LogP contribution is -2.17. The molecule has 33 heavy (non-hydrogen) atoms. The van der Waals surface area contributed by atoms with Crippen LogP contribution in [0.5, 0.6) is 0 Å². The van der Waals surface area contributed by atoms with Crippen LogP contribution < -0.4 is 14.9 Å². The van der Waals surface area contributed by atoms with Gasteiger partial charge in [-0.2, -0.15) is 0 Å². The van der Waals surface area contributed by atoms with Crippen molar-refractivity contribution in [2.24, 2.45) is 7.05 Å². The predicted octanol–water partition coefficient (Wildman–Crippen LogP) is 4.58. The zero-order valence-corrected chi connectivity index (χ0v) is 20.2. The van der Waals surface area contributed by atoms with Crippen molar-refractivity contribution in [3.8, 4) is 0 Å². The number of anilines is 2. The lowest BCUT2D eigenvalue weighted by molar-refractivity contribution is 0.102. The quantitative estimate of drug-likeness (QED) is 0.436. The van der Waals surface area contributed by atoms with E-state index in [4.69, 9.17) is 0 Å². The molecule has 0 aliphatic rings. The second-order valence-electron chi connectivity index (χ2n) is 7.95. The first-order chi connectivity index (χ1) is 15.5. The summed E-state index contributed by atoms with van der Waals surface area (Å²) in [5.41, 5.74) is 4.54. The summed E-state index contributed by atoms with van der Waals surface area (Å²) in [7, 11) is -2.21. The van der Waals surface area contributed by atoms with E-state index in [1.54, 1.807) is 61.0 Å². The Bertz CT molecular complexity index is 1570. The number of benzene rings is 3. The minimum Gasteiger partial charge on any atom is -0.322 e. The third-order valence-electron chi connectivity index (χ3n) is 5.55. The van der Waals surface area contributed by atoms with Crippen LogP contribution in [-0.2, 0) is 17.1 Å². The highest BCUT2D eigenvalue weighted by atomic mass is 32.2. The Morgan fingerprint density at radius 3 is 2.30 bits per heavy atom. The number of sulfonamides is 1. The standard InChI is InChI=1S/C24H23N3O4S2/c1-14-6-8-19(11-16(14)3)26-33(30,31)22-12-17(7-5-15(22)2)23(28)25-18-9-10-20-21(13-18)32-24(29)27(20)4/h5-13,26H,1-4H3,(H,25,28). The molecule has 0 atom stereocenters. The smallest absolute Gasteiger partial charge is 0.307 e. The molecule has 4 rings (SSSR count). The van der Waals surface area contributed by atoms with Gasteiger partial charge in [-0.15, -0.1) is 0 Å². The largest absolute Gasteiger partial charge is 0.322 e. The van der Waals surface area contributed by atoms with E-state index in [2.05, 4.69) is 10.0 Å². The average molecular weight is 482 g/mol. The number of nitrogens with one attached hydrogen (secondary N) is 2. The maximum absolute atomic E-state index is 13.1. The monoisotopic (exact) mass is 481 g/mol. The van der Waals surface area contributed by atoms with Gasteiger partial charge in [-0.3, -0.25) is 14.3 Å². The van der Waals surface area contributed by atoms with Gasteiger partial charge >= 0.3 is 4.87 Å². The number of hydrogen-bond acceptors (Lipinski definition) is 5. The van der Waals surface area contributed by atoms with Crippen LogP contribution in [-0.4, -0.2) is 18.9 Å². The average Bonchev–Trinajstić information content (AvgIpc) is 3.03. The topological polar surface area (TPSA) is 97.3 Å².